The zero-order valence-electron chi connectivity index (χ0n) is 10.6. The Morgan fingerprint density at radius 2 is 0.692 bits per heavy atom. The van der Waals surface area contributed by atoms with E-state index in [0.29, 0.717) is 0 Å². The first-order valence-corrected chi connectivity index (χ1v) is 1.30. The Bertz CT molecular complexity index is 86.5. The summed E-state index contributed by atoms with van der Waals surface area (Å²) in [5.74, 6) is 0. The van der Waals surface area contributed by atoms with Crippen LogP contribution in [0.3, 0.4) is 0 Å². The molecule has 0 amide bonds. The van der Waals surface area contributed by atoms with E-state index in [2.05, 4.69) is 0 Å². The smallest absolute Gasteiger partial charge is 1.00 e. The van der Waals surface area contributed by atoms with Crippen LogP contribution in [-0.2, 0) is 0 Å². The number of carboxylic acid groups (broad SMARTS) is 4. The monoisotopic (exact) mass is 232 g/mol. The third-order valence-corrected chi connectivity index (χ3v) is 0. The molecule has 0 bridgehead atoms. The van der Waals surface area contributed by atoms with Gasteiger partial charge in [0.05, 0.1) is 0 Å². The van der Waals surface area contributed by atoms with Gasteiger partial charge >= 0.3 is 101 Å². The summed E-state index contributed by atoms with van der Waals surface area (Å²) in [6, 6.07) is 0. The van der Waals surface area contributed by atoms with E-state index >= 15 is 0 Å². The summed E-state index contributed by atoms with van der Waals surface area (Å²) in [6.45, 7) is 0. The number of carbonyl (C=O) groups is 2. The summed E-state index contributed by atoms with van der Waals surface area (Å²) >= 11 is 0. The average Bonchev–Trinajstić information content (AvgIpc) is 1.25. The Kier molecular flexibility index (Phi) is 136. The van der Waals surface area contributed by atoms with Crippen LogP contribution < -0.4 is 88.7 Å². The van der Waals surface area contributed by atoms with E-state index in [1.165, 1.54) is 0 Å². The molecule has 0 aromatic rings. The van der Waals surface area contributed by atoms with Crippen LogP contribution in [-0.4, -0.2) is 43.7 Å². The molecule has 70 valence electrons. The molecule has 0 saturated carbocycles. The van der Waals surface area contributed by atoms with Gasteiger partial charge in [-0.2, -0.15) is 0 Å². The Morgan fingerprint density at radius 3 is 0.692 bits per heavy atom. The van der Waals surface area contributed by atoms with E-state index in [0.717, 1.165) is 0 Å². The van der Waals surface area contributed by atoms with Gasteiger partial charge in [0.1, 0.15) is 0 Å². The SMILES string of the molecule is O.O.O=C(O)O.O=C(O)O.[H-].[H-].[H-].[Na+].[Na+].[Na+]. The zero-order valence-corrected chi connectivity index (χ0v) is 13.6. The fourth-order valence-corrected chi connectivity index (χ4v) is 0. The molecule has 8 N–H and O–H groups in total. The molecule has 0 fully saturated rings. The maximum absolute atomic E-state index is 8.56. The van der Waals surface area contributed by atoms with Gasteiger partial charge in [-0.1, -0.05) is 0 Å². The molecule has 0 aliphatic heterocycles. The van der Waals surface area contributed by atoms with Crippen LogP contribution in [0.4, 0.5) is 9.59 Å². The van der Waals surface area contributed by atoms with Gasteiger partial charge in [-0.15, -0.1) is 0 Å². The third-order valence-electron chi connectivity index (χ3n) is 0. The summed E-state index contributed by atoms with van der Waals surface area (Å²) < 4.78 is 0. The molecule has 0 unspecified atom stereocenters. The van der Waals surface area contributed by atoms with Gasteiger partial charge < -0.3 is 35.7 Å². The molecule has 0 aromatic heterocycles. The van der Waals surface area contributed by atoms with E-state index in [-0.39, 0.29) is 104 Å². The van der Waals surface area contributed by atoms with Crippen LogP contribution in [0.25, 0.3) is 0 Å². The normalized spacial score (nSPS) is 3.69. The fourth-order valence-electron chi connectivity index (χ4n) is 0. The van der Waals surface area contributed by atoms with Gasteiger partial charge in [-0.25, -0.2) is 9.59 Å². The molecule has 0 rings (SSSR count). The molecule has 8 nitrogen and oxygen atoms in total. The van der Waals surface area contributed by atoms with Crippen molar-refractivity contribution in [1.29, 1.82) is 0 Å². The molecular weight excluding hydrogens is 221 g/mol. The van der Waals surface area contributed by atoms with Crippen LogP contribution in [0.2, 0.25) is 0 Å². The quantitative estimate of drug-likeness (QED) is 0.301. The minimum atomic E-state index is -1.83. The van der Waals surface area contributed by atoms with Crippen molar-refractivity contribution >= 4 is 12.3 Å². The second kappa shape index (κ2) is 37.5. The average molecular weight is 232 g/mol. The molecule has 0 saturated heterocycles. The van der Waals surface area contributed by atoms with Gasteiger partial charge in [0.25, 0.3) is 0 Å². The summed E-state index contributed by atoms with van der Waals surface area (Å²) in [7, 11) is 0. The van der Waals surface area contributed by atoms with Crippen molar-refractivity contribution in [3.8, 4) is 0 Å². The van der Waals surface area contributed by atoms with Crippen molar-refractivity contribution in [2.45, 2.75) is 0 Å². The molecule has 0 aliphatic rings. The number of hydrogen-bond donors (Lipinski definition) is 4. The van der Waals surface area contributed by atoms with Gasteiger partial charge in [-0.05, 0) is 0 Å². The maximum Gasteiger partial charge on any atom is 1.00 e. The summed E-state index contributed by atoms with van der Waals surface area (Å²) in [6.07, 6.45) is -3.67. The Labute approximate surface area is 144 Å². The first-order valence-electron chi connectivity index (χ1n) is 1.30. The first-order chi connectivity index (χ1) is 3.46. The van der Waals surface area contributed by atoms with Crippen LogP contribution in [0.15, 0.2) is 0 Å². The van der Waals surface area contributed by atoms with Crippen molar-refractivity contribution in [3.63, 3.8) is 0 Å². The third kappa shape index (κ3) is 829. The van der Waals surface area contributed by atoms with E-state index < -0.39 is 12.3 Å². The molecule has 0 spiro atoms. The van der Waals surface area contributed by atoms with Gasteiger partial charge in [0, 0.05) is 0 Å². The van der Waals surface area contributed by atoms with E-state index in [4.69, 9.17) is 30.0 Å². The summed E-state index contributed by atoms with van der Waals surface area (Å²) in [5, 5.41) is 27.9. The minimum absolute atomic E-state index is 0. The van der Waals surface area contributed by atoms with Crippen molar-refractivity contribution in [1.82, 2.24) is 0 Å². The zero-order chi connectivity index (χ0) is 7.15. The summed E-state index contributed by atoms with van der Waals surface area (Å²) in [4.78, 5) is 17.1. The fraction of sp³-hybridized carbons (Fsp3) is 0. The van der Waals surface area contributed by atoms with Gasteiger partial charge in [0.2, 0.25) is 0 Å². The van der Waals surface area contributed by atoms with E-state index in [9.17, 15) is 0 Å². The molecule has 0 aromatic carbocycles. The van der Waals surface area contributed by atoms with Crippen molar-refractivity contribution in [2.24, 2.45) is 0 Å². The van der Waals surface area contributed by atoms with Crippen molar-refractivity contribution < 1.29 is 134 Å². The molecule has 0 heterocycles. The standard InChI is InChI=1S/2CH2O3.3Na.2H2O.3H/c2*2-1(3)4;;;;;;;;/h2*(H2,2,3,4);;;;2*1H2;;;/q;;3*+1;;;3*-1. The maximum atomic E-state index is 8.56. The second-order valence-corrected chi connectivity index (χ2v) is 0.565. The van der Waals surface area contributed by atoms with Crippen LogP contribution in [0.1, 0.15) is 4.28 Å². The number of hydrogen-bond acceptors (Lipinski definition) is 2. The second-order valence-electron chi connectivity index (χ2n) is 0.565. The summed E-state index contributed by atoms with van der Waals surface area (Å²) in [5.41, 5.74) is 0. The Hall–Kier alpha value is 1.46. The molecule has 11 heteroatoms. The largest absolute Gasteiger partial charge is 1.00 e. The minimum Gasteiger partial charge on any atom is -1.00 e. The predicted molar refractivity (Wildman–Crippen MR) is 31.9 cm³/mol. The first kappa shape index (κ1) is 47.1. The van der Waals surface area contributed by atoms with Gasteiger partial charge in [0.15, 0.2) is 0 Å². The van der Waals surface area contributed by atoms with Crippen molar-refractivity contribution in [2.75, 3.05) is 0 Å². The molecule has 0 atom stereocenters. The van der Waals surface area contributed by atoms with Crippen LogP contribution >= 0.6 is 0 Å². The van der Waals surface area contributed by atoms with E-state index in [1.807, 2.05) is 0 Å². The topological polar surface area (TPSA) is 178 Å². The van der Waals surface area contributed by atoms with Crippen LogP contribution in [0.5, 0.6) is 0 Å². The number of rotatable bonds is 0. The molecule has 13 heavy (non-hydrogen) atoms. The van der Waals surface area contributed by atoms with E-state index in [1.54, 1.807) is 0 Å². The van der Waals surface area contributed by atoms with Crippen LogP contribution in [0, 0.1) is 0 Å². The predicted octanol–water partition coefficient (Wildman–Crippen LogP) is -9.86. The van der Waals surface area contributed by atoms with Gasteiger partial charge in [-0.3, -0.25) is 0 Å². The Morgan fingerprint density at radius 1 is 0.692 bits per heavy atom. The molecular formula is C2H11Na3O8. The molecule has 0 radical (unpaired) electrons. The van der Waals surface area contributed by atoms with Crippen molar-refractivity contribution in [3.05, 3.63) is 0 Å². The molecule has 0 aliphatic carbocycles. The Balaban J connectivity index is -0.00000000375.